The van der Waals surface area contributed by atoms with Gasteiger partial charge in [-0.25, -0.2) is 9.18 Å². The van der Waals surface area contributed by atoms with Crippen LogP contribution in [0.25, 0.3) is 0 Å². The van der Waals surface area contributed by atoms with Gasteiger partial charge in [0.25, 0.3) is 0 Å². The van der Waals surface area contributed by atoms with Gasteiger partial charge in [0, 0.05) is 18.9 Å². The average molecular weight is 336 g/mol. The lowest BCUT2D eigenvalue weighted by molar-refractivity contribution is -0.179. The van der Waals surface area contributed by atoms with Crippen molar-refractivity contribution in [1.82, 2.24) is 10.6 Å². The van der Waals surface area contributed by atoms with E-state index < -0.39 is 5.79 Å². The highest BCUT2D eigenvalue weighted by atomic mass is 19.1. The maximum absolute atomic E-state index is 13.6. The molecule has 5 nitrogen and oxygen atoms in total. The van der Waals surface area contributed by atoms with E-state index in [0.717, 1.165) is 31.2 Å². The number of carbonyl (C=O) groups is 1. The molecule has 1 aromatic carbocycles. The zero-order chi connectivity index (χ0) is 17.2. The van der Waals surface area contributed by atoms with Crippen molar-refractivity contribution in [2.24, 2.45) is 0 Å². The molecule has 0 bridgehead atoms. The van der Waals surface area contributed by atoms with E-state index in [1.165, 1.54) is 6.07 Å². The largest absolute Gasteiger partial charge is 0.348 e. The molecule has 1 heterocycles. The zero-order valence-corrected chi connectivity index (χ0v) is 14.2. The Labute approximate surface area is 141 Å². The second-order valence-corrected chi connectivity index (χ2v) is 6.73. The quantitative estimate of drug-likeness (QED) is 0.891. The lowest BCUT2D eigenvalue weighted by Gasteiger charge is -2.35. The smallest absolute Gasteiger partial charge is 0.315 e. The van der Waals surface area contributed by atoms with Gasteiger partial charge in [0.2, 0.25) is 0 Å². The second kappa shape index (κ2) is 7.07. The Morgan fingerprint density at radius 3 is 2.58 bits per heavy atom. The first kappa shape index (κ1) is 17.2. The van der Waals surface area contributed by atoms with Crippen LogP contribution in [-0.2, 0) is 9.47 Å². The molecule has 3 rings (SSSR count). The van der Waals surface area contributed by atoms with Gasteiger partial charge in [0.15, 0.2) is 5.79 Å². The molecule has 2 fully saturated rings. The third-order valence-electron chi connectivity index (χ3n) is 4.94. The van der Waals surface area contributed by atoms with Crippen LogP contribution in [0, 0.1) is 12.7 Å². The van der Waals surface area contributed by atoms with Gasteiger partial charge in [-0.3, -0.25) is 0 Å². The Morgan fingerprint density at radius 1 is 1.29 bits per heavy atom. The summed E-state index contributed by atoms with van der Waals surface area (Å²) in [4.78, 5) is 12.2. The fourth-order valence-corrected chi connectivity index (χ4v) is 3.37. The van der Waals surface area contributed by atoms with Crippen molar-refractivity contribution < 1.29 is 18.7 Å². The minimum atomic E-state index is -0.415. The number of hydrogen-bond donors (Lipinski definition) is 2. The van der Waals surface area contributed by atoms with Crippen LogP contribution in [0.1, 0.15) is 49.8 Å². The first-order chi connectivity index (χ1) is 11.5. The van der Waals surface area contributed by atoms with E-state index in [1.807, 2.05) is 13.0 Å². The van der Waals surface area contributed by atoms with Crippen LogP contribution in [0.4, 0.5) is 9.18 Å². The van der Waals surface area contributed by atoms with Crippen molar-refractivity contribution in [3.63, 3.8) is 0 Å². The standard InChI is InChI=1S/C18H25FN2O3/c1-12-3-4-14(11-16(12)19)13(2)20-17(22)21-15-5-7-18(8-6-15)23-9-10-24-18/h3-4,11,13,15H,5-10H2,1-2H3,(H2,20,21,22)/t13-/m0/s1. The molecule has 1 aliphatic carbocycles. The van der Waals surface area contributed by atoms with Crippen LogP contribution >= 0.6 is 0 Å². The van der Waals surface area contributed by atoms with E-state index in [4.69, 9.17) is 9.47 Å². The highest BCUT2D eigenvalue weighted by molar-refractivity contribution is 5.74. The Balaban J connectivity index is 1.48. The monoisotopic (exact) mass is 336 g/mol. The molecule has 1 aromatic rings. The molecule has 6 heteroatoms. The Morgan fingerprint density at radius 2 is 1.96 bits per heavy atom. The van der Waals surface area contributed by atoms with Crippen LogP contribution in [0.15, 0.2) is 18.2 Å². The average Bonchev–Trinajstić information content (AvgIpc) is 3.00. The third-order valence-corrected chi connectivity index (χ3v) is 4.94. The van der Waals surface area contributed by atoms with Gasteiger partial charge in [-0.15, -0.1) is 0 Å². The number of carbonyl (C=O) groups excluding carboxylic acids is 1. The first-order valence-electron chi connectivity index (χ1n) is 8.58. The lowest BCUT2D eigenvalue weighted by atomic mass is 9.90. The van der Waals surface area contributed by atoms with Gasteiger partial charge in [-0.2, -0.15) is 0 Å². The van der Waals surface area contributed by atoms with Crippen LogP contribution < -0.4 is 10.6 Å². The summed E-state index contributed by atoms with van der Waals surface area (Å²) in [5.41, 5.74) is 1.35. The topological polar surface area (TPSA) is 59.6 Å². The molecule has 1 saturated carbocycles. The summed E-state index contributed by atoms with van der Waals surface area (Å²) in [6, 6.07) is 4.67. The number of hydrogen-bond acceptors (Lipinski definition) is 3. The number of halogens is 1. The number of nitrogens with one attached hydrogen (secondary N) is 2. The van der Waals surface area contributed by atoms with Crippen LogP contribution in [0.2, 0.25) is 0 Å². The van der Waals surface area contributed by atoms with Crippen LogP contribution in [0.3, 0.4) is 0 Å². The molecule has 1 aliphatic heterocycles. The molecule has 0 unspecified atom stereocenters. The molecule has 2 aliphatic rings. The third kappa shape index (κ3) is 3.87. The molecule has 1 spiro atoms. The van der Waals surface area contributed by atoms with Gasteiger partial charge < -0.3 is 20.1 Å². The molecule has 24 heavy (non-hydrogen) atoms. The summed E-state index contributed by atoms with van der Waals surface area (Å²) in [6.07, 6.45) is 3.27. The molecule has 132 valence electrons. The van der Waals surface area contributed by atoms with E-state index in [-0.39, 0.29) is 23.9 Å². The zero-order valence-electron chi connectivity index (χ0n) is 14.2. The number of urea groups is 1. The van der Waals surface area contributed by atoms with Gasteiger partial charge in [0.05, 0.1) is 19.3 Å². The fraction of sp³-hybridized carbons (Fsp3) is 0.611. The van der Waals surface area contributed by atoms with Crippen molar-refractivity contribution in [1.29, 1.82) is 0 Å². The SMILES string of the molecule is Cc1ccc([C@H](C)NC(=O)NC2CCC3(CC2)OCCO3)cc1F. The van der Waals surface area contributed by atoms with Crippen molar-refractivity contribution in [2.45, 2.75) is 57.4 Å². The van der Waals surface area contributed by atoms with E-state index >= 15 is 0 Å². The van der Waals surface area contributed by atoms with Crippen LogP contribution in [0.5, 0.6) is 0 Å². The molecule has 0 aromatic heterocycles. The van der Waals surface area contributed by atoms with Gasteiger partial charge in [-0.05, 0) is 43.9 Å². The van der Waals surface area contributed by atoms with Gasteiger partial charge in [0.1, 0.15) is 5.82 Å². The maximum atomic E-state index is 13.6. The molecule has 0 radical (unpaired) electrons. The summed E-state index contributed by atoms with van der Waals surface area (Å²) < 4.78 is 25.0. The van der Waals surface area contributed by atoms with E-state index in [0.29, 0.717) is 18.8 Å². The molecule has 2 N–H and O–H groups in total. The minimum Gasteiger partial charge on any atom is -0.348 e. The first-order valence-corrected chi connectivity index (χ1v) is 8.58. The predicted octanol–water partition coefficient (Wildman–Crippen LogP) is 3.18. The maximum Gasteiger partial charge on any atom is 0.315 e. The molecule has 1 saturated heterocycles. The van der Waals surface area contributed by atoms with Crippen molar-refractivity contribution in [3.8, 4) is 0 Å². The number of ether oxygens (including phenoxy) is 2. The summed E-state index contributed by atoms with van der Waals surface area (Å²) in [5, 5.41) is 5.87. The fourth-order valence-electron chi connectivity index (χ4n) is 3.37. The van der Waals surface area contributed by atoms with E-state index in [1.54, 1.807) is 13.0 Å². The Bertz CT molecular complexity index is 592. The van der Waals surface area contributed by atoms with Gasteiger partial charge >= 0.3 is 6.03 Å². The van der Waals surface area contributed by atoms with Crippen molar-refractivity contribution in [2.75, 3.05) is 13.2 Å². The molecular weight excluding hydrogens is 311 g/mol. The number of amides is 2. The Kier molecular flexibility index (Phi) is 5.06. The predicted molar refractivity (Wildman–Crippen MR) is 88.1 cm³/mol. The van der Waals surface area contributed by atoms with E-state index in [9.17, 15) is 9.18 Å². The summed E-state index contributed by atoms with van der Waals surface area (Å²) in [7, 11) is 0. The number of aryl methyl sites for hydroxylation is 1. The van der Waals surface area contributed by atoms with E-state index in [2.05, 4.69) is 10.6 Å². The second-order valence-electron chi connectivity index (χ2n) is 6.73. The molecule has 2 amide bonds. The van der Waals surface area contributed by atoms with Crippen molar-refractivity contribution >= 4 is 6.03 Å². The number of rotatable bonds is 3. The van der Waals surface area contributed by atoms with Crippen molar-refractivity contribution in [3.05, 3.63) is 35.1 Å². The summed E-state index contributed by atoms with van der Waals surface area (Å²) >= 11 is 0. The highest BCUT2D eigenvalue weighted by Gasteiger charge is 2.40. The summed E-state index contributed by atoms with van der Waals surface area (Å²) in [6.45, 7) is 4.88. The van der Waals surface area contributed by atoms with Gasteiger partial charge in [-0.1, -0.05) is 12.1 Å². The number of benzene rings is 1. The van der Waals surface area contributed by atoms with Crippen LogP contribution in [-0.4, -0.2) is 31.1 Å². The summed E-state index contributed by atoms with van der Waals surface area (Å²) in [5.74, 6) is -0.669. The highest BCUT2D eigenvalue weighted by Crippen LogP contribution is 2.35. The molecular formula is C18H25FN2O3. The lowest BCUT2D eigenvalue weighted by Crippen LogP contribution is -2.47. The minimum absolute atomic E-state index is 0.116. The Hall–Kier alpha value is -1.66. The molecule has 1 atom stereocenters. The normalized spacial score (nSPS) is 21.6.